The van der Waals surface area contributed by atoms with E-state index in [2.05, 4.69) is 10.6 Å². The van der Waals surface area contributed by atoms with Gasteiger partial charge in [-0.15, -0.1) is 0 Å². The molecule has 0 saturated carbocycles. The van der Waals surface area contributed by atoms with Crippen molar-refractivity contribution >= 4 is 17.5 Å². The van der Waals surface area contributed by atoms with Crippen LogP contribution in [0.4, 0.5) is 5.69 Å². The summed E-state index contributed by atoms with van der Waals surface area (Å²) in [6.45, 7) is 5.57. The number of rotatable bonds is 8. The van der Waals surface area contributed by atoms with E-state index in [0.717, 1.165) is 6.42 Å². The van der Waals surface area contributed by atoms with Crippen molar-refractivity contribution in [1.82, 2.24) is 5.32 Å². The highest BCUT2D eigenvalue weighted by Gasteiger charge is 2.20. The molecule has 6 nitrogen and oxygen atoms in total. The topological polar surface area (TPSA) is 76.7 Å². The molecule has 2 aromatic rings. The number of para-hydroxylation sites is 3. The Bertz CT molecular complexity index is 791. The van der Waals surface area contributed by atoms with Crippen molar-refractivity contribution in [2.45, 2.75) is 39.3 Å². The molecule has 6 heteroatoms. The molecule has 2 rings (SSSR count). The lowest BCUT2D eigenvalue weighted by atomic mass is 10.1. The Labute approximate surface area is 159 Å². The second-order valence-electron chi connectivity index (χ2n) is 6.23. The molecule has 0 aromatic heterocycles. The molecule has 0 aliphatic carbocycles. The van der Waals surface area contributed by atoms with Crippen LogP contribution in [0.1, 0.15) is 37.6 Å². The zero-order valence-corrected chi connectivity index (χ0v) is 16.1. The Kier molecular flexibility index (Phi) is 7.23. The molecular formula is C21H26N2O4. The van der Waals surface area contributed by atoms with Gasteiger partial charge < -0.3 is 20.1 Å². The standard InChI is InChI=1S/C21H26N2O4/c1-5-14(2)22-21(25)16-10-6-7-11-17(16)23-20(24)15(3)27-19-13-9-8-12-18(19)26-4/h6-15H,5H2,1-4H3,(H,22,25)(H,23,24)/t14-,15+/m1/s1. The molecule has 144 valence electrons. The maximum absolute atomic E-state index is 12.6. The van der Waals surface area contributed by atoms with Gasteiger partial charge in [-0.05, 0) is 44.5 Å². The molecule has 0 bridgehead atoms. The lowest BCUT2D eigenvalue weighted by Gasteiger charge is -2.18. The lowest BCUT2D eigenvalue weighted by molar-refractivity contribution is -0.122. The number of methoxy groups -OCH3 is 1. The van der Waals surface area contributed by atoms with Crippen molar-refractivity contribution in [1.29, 1.82) is 0 Å². The third-order valence-corrected chi connectivity index (χ3v) is 4.16. The maximum atomic E-state index is 12.6. The summed E-state index contributed by atoms with van der Waals surface area (Å²) in [5.41, 5.74) is 0.856. The number of ether oxygens (including phenoxy) is 2. The first kappa shape index (κ1) is 20.3. The Morgan fingerprint density at radius 2 is 1.63 bits per heavy atom. The lowest BCUT2D eigenvalue weighted by Crippen LogP contribution is -2.34. The summed E-state index contributed by atoms with van der Waals surface area (Å²) in [4.78, 5) is 25.0. The average molecular weight is 370 g/mol. The van der Waals surface area contributed by atoms with Gasteiger partial charge in [0.1, 0.15) is 0 Å². The second kappa shape index (κ2) is 9.62. The zero-order valence-electron chi connectivity index (χ0n) is 16.1. The summed E-state index contributed by atoms with van der Waals surface area (Å²) in [6.07, 6.45) is 0.0521. The van der Waals surface area contributed by atoms with Crippen molar-refractivity contribution in [2.24, 2.45) is 0 Å². The van der Waals surface area contributed by atoms with Gasteiger partial charge in [-0.3, -0.25) is 9.59 Å². The quantitative estimate of drug-likeness (QED) is 0.744. The highest BCUT2D eigenvalue weighted by molar-refractivity contribution is 6.04. The van der Waals surface area contributed by atoms with E-state index >= 15 is 0 Å². The van der Waals surface area contributed by atoms with Crippen molar-refractivity contribution in [3.8, 4) is 11.5 Å². The van der Waals surface area contributed by atoms with Crippen molar-refractivity contribution < 1.29 is 19.1 Å². The molecule has 0 radical (unpaired) electrons. The number of carbonyl (C=O) groups excluding carboxylic acids is 2. The first-order valence-corrected chi connectivity index (χ1v) is 8.96. The average Bonchev–Trinajstić information content (AvgIpc) is 2.68. The molecule has 0 unspecified atom stereocenters. The SMILES string of the molecule is CC[C@@H](C)NC(=O)c1ccccc1NC(=O)[C@H](C)Oc1ccccc1OC. The molecule has 2 atom stereocenters. The monoisotopic (exact) mass is 370 g/mol. The Morgan fingerprint density at radius 3 is 2.30 bits per heavy atom. The molecule has 2 aromatic carbocycles. The Morgan fingerprint density at radius 1 is 1.00 bits per heavy atom. The van der Waals surface area contributed by atoms with Crippen LogP contribution in [0.5, 0.6) is 11.5 Å². The molecule has 0 aliphatic heterocycles. The molecule has 0 spiro atoms. The van der Waals surface area contributed by atoms with Crippen LogP contribution in [0.25, 0.3) is 0 Å². The molecular weight excluding hydrogens is 344 g/mol. The van der Waals surface area contributed by atoms with E-state index in [9.17, 15) is 9.59 Å². The predicted molar refractivity (Wildman–Crippen MR) is 105 cm³/mol. The van der Waals surface area contributed by atoms with Crippen LogP contribution in [-0.4, -0.2) is 31.1 Å². The van der Waals surface area contributed by atoms with Crippen molar-refractivity contribution in [3.63, 3.8) is 0 Å². The van der Waals surface area contributed by atoms with Crippen molar-refractivity contribution in [3.05, 3.63) is 54.1 Å². The van der Waals surface area contributed by atoms with Crippen molar-refractivity contribution in [2.75, 3.05) is 12.4 Å². The van der Waals surface area contributed by atoms with Crippen LogP contribution < -0.4 is 20.1 Å². The van der Waals surface area contributed by atoms with Crippen LogP contribution in [0.2, 0.25) is 0 Å². The Hall–Kier alpha value is -3.02. The molecule has 0 aliphatic rings. The number of anilines is 1. The largest absolute Gasteiger partial charge is 0.493 e. The van der Waals surface area contributed by atoms with E-state index < -0.39 is 6.10 Å². The molecule has 27 heavy (non-hydrogen) atoms. The van der Waals surface area contributed by atoms with Crippen LogP contribution in [0.3, 0.4) is 0 Å². The summed E-state index contributed by atoms with van der Waals surface area (Å²) in [7, 11) is 1.54. The van der Waals surface area contributed by atoms with E-state index in [1.165, 1.54) is 0 Å². The Balaban J connectivity index is 2.10. The number of amides is 2. The fourth-order valence-corrected chi connectivity index (χ4v) is 2.39. The minimum absolute atomic E-state index is 0.0501. The fraction of sp³-hybridized carbons (Fsp3) is 0.333. The van der Waals surface area contributed by atoms with E-state index in [-0.39, 0.29) is 17.9 Å². The second-order valence-corrected chi connectivity index (χ2v) is 6.23. The molecule has 2 amide bonds. The highest BCUT2D eigenvalue weighted by Crippen LogP contribution is 2.27. The minimum atomic E-state index is -0.771. The van der Waals surface area contributed by atoms with Gasteiger partial charge in [0.15, 0.2) is 17.6 Å². The van der Waals surface area contributed by atoms with E-state index in [0.29, 0.717) is 22.7 Å². The van der Waals surface area contributed by atoms with Gasteiger partial charge in [-0.1, -0.05) is 31.2 Å². The molecule has 0 saturated heterocycles. The van der Waals surface area contributed by atoms with E-state index in [1.54, 1.807) is 56.5 Å². The molecule has 0 fully saturated rings. The van der Waals surface area contributed by atoms with E-state index in [1.807, 2.05) is 19.9 Å². The fourth-order valence-electron chi connectivity index (χ4n) is 2.39. The third kappa shape index (κ3) is 5.48. The number of hydrogen-bond donors (Lipinski definition) is 2. The molecule has 2 N–H and O–H groups in total. The van der Waals surface area contributed by atoms with Crippen LogP contribution in [0.15, 0.2) is 48.5 Å². The highest BCUT2D eigenvalue weighted by atomic mass is 16.5. The summed E-state index contributed by atoms with van der Waals surface area (Å²) in [5.74, 6) is 0.444. The first-order valence-electron chi connectivity index (χ1n) is 8.96. The number of benzene rings is 2. The summed E-state index contributed by atoms with van der Waals surface area (Å²) in [5, 5.41) is 5.68. The summed E-state index contributed by atoms with van der Waals surface area (Å²) < 4.78 is 10.9. The van der Waals surface area contributed by atoms with Gasteiger partial charge >= 0.3 is 0 Å². The first-order chi connectivity index (χ1) is 13.0. The normalized spacial score (nSPS) is 12.6. The zero-order chi connectivity index (χ0) is 19.8. The van der Waals surface area contributed by atoms with Crippen LogP contribution in [-0.2, 0) is 4.79 Å². The van der Waals surface area contributed by atoms with Gasteiger partial charge in [-0.2, -0.15) is 0 Å². The van der Waals surface area contributed by atoms with Gasteiger partial charge in [0.25, 0.3) is 11.8 Å². The van der Waals surface area contributed by atoms with Gasteiger partial charge in [-0.25, -0.2) is 0 Å². The van der Waals surface area contributed by atoms with Crippen LogP contribution >= 0.6 is 0 Å². The van der Waals surface area contributed by atoms with Gasteiger partial charge in [0.2, 0.25) is 0 Å². The molecule has 0 heterocycles. The van der Waals surface area contributed by atoms with Gasteiger partial charge in [0, 0.05) is 6.04 Å². The smallest absolute Gasteiger partial charge is 0.265 e. The predicted octanol–water partition coefficient (Wildman–Crippen LogP) is 3.63. The van der Waals surface area contributed by atoms with Crippen LogP contribution in [0, 0.1) is 0 Å². The summed E-state index contributed by atoms with van der Waals surface area (Å²) >= 11 is 0. The van der Waals surface area contributed by atoms with E-state index in [4.69, 9.17) is 9.47 Å². The number of nitrogens with one attached hydrogen (secondary N) is 2. The number of carbonyl (C=O) groups is 2. The third-order valence-electron chi connectivity index (χ3n) is 4.16. The van der Waals surface area contributed by atoms with Gasteiger partial charge in [0.05, 0.1) is 18.4 Å². The number of hydrogen-bond acceptors (Lipinski definition) is 4. The maximum Gasteiger partial charge on any atom is 0.265 e. The summed E-state index contributed by atoms with van der Waals surface area (Å²) in [6, 6.07) is 14.1. The minimum Gasteiger partial charge on any atom is -0.493 e.